The van der Waals surface area contributed by atoms with Gasteiger partial charge in [-0.25, -0.2) is 4.68 Å². The van der Waals surface area contributed by atoms with Crippen LogP contribution in [0.1, 0.15) is 16.8 Å². The zero-order chi connectivity index (χ0) is 24.6. The van der Waals surface area contributed by atoms with E-state index in [2.05, 4.69) is 25.5 Å². The molecule has 0 aliphatic carbocycles. The van der Waals surface area contributed by atoms with Crippen molar-refractivity contribution in [1.29, 1.82) is 0 Å². The number of rotatable bonds is 9. The number of nitrogens with one attached hydrogen (secondary N) is 2. The molecule has 4 rings (SSSR count). The Kier molecular flexibility index (Phi) is 7.64. The van der Waals surface area contributed by atoms with E-state index in [1.54, 1.807) is 24.3 Å². The van der Waals surface area contributed by atoms with Crippen LogP contribution in [0.5, 0.6) is 0 Å². The minimum atomic E-state index is -0.329. The number of hydrogen-bond acceptors (Lipinski definition) is 5. The molecule has 0 unspecified atom stereocenters. The van der Waals surface area contributed by atoms with Gasteiger partial charge in [-0.05, 0) is 63.5 Å². The molecule has 1 heterocycles. The number of aromatic nitrogens is 2. The summed E-state index contributed by atoms with van der Waals surface area (Å²) in [6.07, 6.45) is 0.872. The fraction of sp³-hybridized carbons (Fsp3) is 0.185. The lowest BCUT2D eigenvalue weighted by molar-refractivity contribution is 0.0952. The van der Waals surface area contributed by atoms with Crippen molar-refractivity contribution in [2.24, 2.45) is 10.2 Å². The first-order valence-corrected chi connectivity index (χ1v) is 11.4. The summed E-state index contributed by atoms with van der Waals surface area (Å²) >= 11 is 0. The SMILES string of the molecule is CN(C)CCCNC(=O)c1ccc(-n2[nH]c(-c3ccccc3)c(N=Nc3ccccc3)c2=O)cc1. The summed E-state index contributed by atoms with van der Waals surface area (Å²) < 4.78 is 1.42. The van der Waals surface area contributed by atoms with Gasteiger partial charge in [0.2, 0.25) is 0 Å². The molecule has 0 spiro atoms. The Morgan fingerprint density at radius 2 is 1.57 bits per heavy atom. The van der Waals surface area contributed by atoms with Crippen molar-refractivity contribution in [3.05, 3.63) is 101 Å². The highest BCUT2D eigenvalue weighted by Crippen LogP contribution is 2.28. The molecule has 0 atom stereocenters. The van der Waals surface area contributed by atoms with Gasteiger partial charge in [0.05, 0.1) is 17.1 Å². The Hall–Kier alpha value is -4.30. The molecule has 0 radical (unpaired) electrons. The fourth-order valence-electron chi connectivity index (χ4n) is 3.57. The van der Waals surface area contributed by atoms with Crippen LogP contribution in [-0.4, -0.2) is 47.8 Å². The van der Waals surface area contributed by atoms with E-state index >= 15 is 0 Å². The van der Waals surface area contributed by atoms with Gasteiger partial charge in [0.15, 0.2) is 5.69 Å². The van der Waals surface area contributed by atoms with E-state index in [1.165, 1.54) is 4.68 Å². The highest BCUT2D eigenvalue weighted by Gasteiger charge is 2.17. The molecule has 0 bridgehead atoms. The van der Waals surface area contributed by atoms with Crippen LogP contribution >= 0.6 is 0 Å². The maximum Gasteiger partial charge on any atom is 0.299 e. The van der Waals surface area contributed by atoms with Crippen molar-refractivity contribution < 1.29 is 4.79 Å². The van der Waals surface area contributed by atoms with E-state index in [4.69, 9.17) is 0 Å². The summed E-state index contributed by atoms with van der Waals surface area (Å²) in [4.78, 5) is 27.8. The van der Waals surface area contributed by atoms with Crippen molar-refractivity contribution in [2.75, 3.05) is 27.2 Å². The largest absolute Gasteiger partial charge is 0.352 e. The summed E-state index contributed by atoms with van der Waals surface area (Å²) in [5.41, 5.74) is 3.05. The molecule has 3 aromatic carbocycles. The van der Waals surface area contributed by atoms with Crippen LogP contribution in [0, 0.1) is 0 Å². The number of azo groups is 1. The van der Waals surface area contributed by atoms with Crippen LogP contribution in [-0.2, 0) is 0 Å². The number of carbonyl (C=O) groups excluding carboxylic acids is 1. The molecule has 1 amide bonds. The van der Waals surface area contributed by atoms with Crippen molar-refractivity contribution in [3.8, 4) is 16.9 Å². The van der Waals surface area contributed by atoms with E-state index in [0.29, 0.717) is 29.2 Å². The molecule has 0 aliphatic rings. The van der Waals surface area contributed by atoms with Crippen molar-refractivity contribution >= 4 is 17.3 Å². The third-order valence-corrected chi connectivity index (χ3v) is 5.41. The molecule has 178 valence electrons. The quantitative estimate of drug-likeness (QED) is 0.269. The molecule has 1 aromatic heterocycles. The molecule has 8 nitrogen and oxygen atoms in total. The minimum absolute atomic E-state index is 0.142. The summed E-state index contributed by atoms with van der Waals surface area (Å²) in [5, 5.41) is 14.6. The Balaban J connectivity index is 1.61. The predicted octanol–water partition coefficient (Wildman–Crippen LogP) is 4.93. The summed E-state index contributed by atoms with van der Waals surface area (Å²) in [7, 11) is 4.00. The first-order valence-electron chi connectivity index (χ1n) is 11.4. The highest BCUT2D eigenvalue weighted by atomic mass is 16.1. The summed E-state index contributed by atoms with van der Waals surface area (Å²) in [6.45, 7) is 1.51. The second-order valence-electron chi connectivity index (χ2n) is 8.34. The zero-order valence-electron chi connectivity index (χ0n) is 19.8. The highest BCUT2D eigenvalue weighted by molar-refractivity contribution is 5.94. The zero-order valence-corrected chi connectivity index (χ0v) is 19.8. The van der Waals surface area contributed by atoms with Gasteiger partial charge in [0.25, 0.3) is 11.5 Å². The van der Waals surface area contributed by atoms with Crippen LogP contribution in [0.2, 0.25) is 0 Å². The number of H-pyrrole nitrogens is 1. The number of aromatic amines is 1. The van der Waals surface area contributed by atoms with Crippen molar-refractivity contribution in [1.82, 2.24) is 20.0 Å². The fourth-order valence-corrected chi connectivity index (χ4v) is 3.57. The average Bonchev–Trinajstić information content (AvgIpc) is 3.22. The van der Waals surface area contributed by atoms with Gasteiger partial charge in [0, 0.05) is 17.7 Å². The predicted molar refractivity (Wildman–Crippen MR) is 138 cm³/mol. The third-order valence-electron chi connectivity index (χ3n) is 5.41. The van der Waals surface area contributed by atoms with E-state index in [1.807, 2.05) is 74.8 Å². The lowest BCUT2D eigenvalue weighted by atomic mass is 10.1. The topological polar surface area (TPSA) is 94.8 Å². The van der Waals surface area contributed by atoms with E-state index in [0.717, 1.165) is 18.5 Å². The van der Waals surface area contributed by atoms with Gasteiger partial charge in [-0.3, -0.25) is 14.7 Å². The second-order valence-corrected chi connectivity index (χ2v) is 8.34. The smallest absolute Gasteiger partial charge is 0.299 e. The minimum Gasteiger partial charge on any atom is -0.352 e. The lowest BCUT2D eigenvalue weighted by Crippen LogP contribution is -2.27. The Morgan fingerprint density at radius 3 is 2.23 bits per heavy atom. The molecular weight excluding hydrogens is 440 g/mol. The molecule has 8 heteroatoms. The number of amides is 1. The molecule has 2 N–H and O–H groups in total. The number of hydrogen-bond donors (Lipinski definition) is 2. The van der Waals surface area contributed by atoms with Crippen molar-refractivity contribution in [2.45, 2.75) is 6.42 Å². The molecule has 0 aliphatic heterocycles. The Morgan fingerprint density at radius 1 is 0.914 bits per heavy atom. The average molecular weight is 469 g/mol. The standard InChI is InChI=1S/C27H28N6O2/c1-32(2)19-9-18-28-26(34)21-14-16-23(17-15-21)33-27(35)25(30-29-22-12-7-4-8-13-22)24(31-33)20-10-5-3-6-11-20/h3-8,10-17,31H,9,18-19H2,1-2H3,(H,28,34). The Bertz CT molecular complexity index is 1340. The number of benzene rings is 3. The first-order chi connectivity index (χ1) is 17.0. The molecule has 35 heavy (non-hydrogen) atoms. The number of carbonyl (C=O) groups is 1. The van der Waals surface area contributed by atoms with Gasteiger partial charge in [-0.15, -0.1) is 5.11 Å². The third kappa shape index (κ3) is 5.99. The maximum absolute atomic E-state index is 13.3. The Labute approximate surface area is 203 Å². The van der Waals surface area contributed by atoms with Crippen LogP contribution in [0.4, 0.5) is 11.4 Å². The van der Waals surface area contributed by atoms with Gasteiger partial charge >= 0.3 is 0 Å². The van der Waals surface area contributed by atoms with Gasteiger partial charge in [0.1, 0.15) is 0 Å². The van der Waals surface area contributed by atoms with Crippen LogP contribution in [0.3, 0.4) is 0 Å². The van der Waals surface area contributed by atoms with E-state index in [9.17, 15) is 9.59 Å². The molecular formula is C27H28N6O2. The normalized spacial score (nSPS) is 11.3. The van der Waals surface area contributed by atoms with Crippen molar-refractivity contribution in [3.63, 3.8) is 0 Å². The summed E-state index contributed by atoms with van der Waals surface area (Å²) in [6, 6.07) is 25.7. The van der Waals surface area contributed by atoms with Crippen LogP contribution < -0.4 is 10.9 Å². The lowest BCUT2D eigenvalue weighted by Gasteiger charge is -2.10. The molecule has 0 saturated heterocycles. The van der Waals surface area contributed by atoms with E-state index in [-0.39, 0.29) is 17.2 Å². The van der Waals surface area contributed by atoms with Gasteiger partial charge < -0.3 is 10.2 Å². The second kappa shape index (κ2) is 11.2. The first kappa shape index (κ1) is 23.8. The molecule has 0 saturated carbocycles. The number of nitrogens with zero attached hydrogens (tertiary/aromatic N) is 4. The van der Waals surface area contributed by atoms with E-state index < -0.39 is 0 Å². The monoisotopic (exact) mass is 468 g/mol. The van der Waals surface area contributed by atoms with Gasteiger partial charge in [-0.1, -0.05) is 48.5 Å². The van der Waals surface area contributed by atoms with Gasteiger partial charge in [-0.2, -0.15) is 5.11 Å². The van der Waals surface area contributed by atoms with Crippen LogP contribution in [0.25, 0.3) is 16.9 Å². The molecule has 4 aromatic rings. The molecule has 0 fully saturated rings. The maximum atomic E-state index is 13.3. The van der Waals surface area contributed by atoms with Crippen LogP contribution in [0.15, 0.2) is 100.0 Å². The summed E-state index contributed by atoms with van der Waals surface area (Å²) in [5.74, 6) is -0.142.